The number of halogens is 1. The van der Waals surface area contributed by atoms with Gasteiger partial charge in [-0.3, -0.25) is 4.79 Å². The minimum atomic E-state index is -0.745. The number of unbranched alkanes of at least 4 members (excludes halogenated alkanes) is 1. The number of carboxylic acids is 1. The Morgan fingerprint density at radius 3 is 2.92 bits per heavy atom. The Balaban J connectivity index is 1.66. The van der Waals surface area contributed by atoms with Crippen LogP contribution in [0.2, 0.25) is 0 Å². The summed E-state index contributed by atoms with van der Waals surface area (Å²) >= 11 is 0. The zero-order valence-corrected chi connectivity index (χ0v) is 14.3. The van der Waals surface area contributed by atoms with Crippen LogP contribution in [0.4, 0.5) is 14.9 Å². The molecule has 1 aliphatic heterocycles. The maximum absolute atomic E-state index is 13.1. The molecule has 0 aromatic heterocycles. The molecule has 2 rings (SSSR count). The maximum Gasteiger partial charge on any atom is 0.319 e. The number of urea groups is 1. The fourth-order valence-corrected chi connectivity index (χ4v) is 3.11. The molecule has 1 aliphatic rings. The van der Waals surface area contributed by atoms with Crippen molar-refractivity contribution in [1.82, 2.24) is 10.2 Å². The van der Waals surface area contributed by atoms with E-state index in [1.165, 1.54) is 12.1 Å². The summed E-state index contributed by atoms with van der Waals surface area (Å²) in [4.78, 5) is 24.8. The van der Waals surface area contributed by atoms with Gasteiger partial charge in [-0.05, 0) is 62.9 Å². The number of hydrogen-bond donors (Lipinski definition) is 3. The van der Waals surface area contributed by atoms with Crippen LogP contribution in [0.1, 0.15) is 32.1 Å². The third-order valence-electron chi connectivity index (χ3n) is 4.35. The standard InChI is InChI=1S/C18H26FN3O3/c19-15-6-3-7-16(11-15)21-18(25)20-12-14-5-4-10-22(13-14)9-2-1-8-17(23)24/h3,6-7,11,14H,1-2,4-5,8-10,12-13H2,(H,23,24)(H2,20,21,25). The molecule has 1 unspecified atom stereocenters. The highest BCUT2D eigenvalue weighted by Gasteiger charge is 2.20. The van der Waals surface area contributed by atoms with Crippen LogP contribution in [-0.4, -0.2) is 48.2 Å². The predicted molar refractivity (Wildman–Crippen MR) is 94.1 cm³/mol. The van der Waals surface area contributed by atoms with Gasteiger partial charge in [0.1, 0.15) is 5.82 Å². The van der Waals surface area contributed by atoms with E-state index in [0.29, 0.717) is 24.6 Å². The van der Waals surface area contributed by atoms with Gasteiger partial charge in [-0.2, -0.15) is 0 Å². The van der Waals surface area contributed by atoms with Gasteiger partial charge in [-0.25, -0.2) is 9.18 Å². The van der Waals surface area contributed by atoms with Gasteiger partial charge in [-0.1, -0.05) is 6.07 Å². The van der Waals surface area contributed by atoms with Crippen LogP contribution in [0, 0.1) is 11.7 Å². The number of carbonyl (C=O) groups excluding carboxylic acids is 1. The number of likely N-dealkylation sites (tertiary alicyclic amines) is 1. The van der Waals surface area contributed by atoms with E-state index >= 15 is 0 Å². The normalized spacial score (nSPS) is 17.9. The van der Waals surface area contributed by atoms with Crippen LogP contribution in [0.25, 0.3) is 0 Å². The lowest BCUT2D eigenvalue weighted by molar-refractivity contribution is -0.137. The fourth-order valence-electron chi connectivity index (χ4n) is 3.11. The number of carbonyl (C=O) groups is 2. The Hall–Kier alpha value is -2.15. The van der Waals surface area contributed by atoms with Crippen molar-refractivity contribution in [2.75, 3.05) is 31.5 Å². The topological polar surface area (TPSA) is 81.7 Å². The molecule has 1 aromatic carbocycles. The minimum absolute atomic E-state index is 0.221. The second-order valence-corrected chi connectivity index (χ2v) is 6.51. The van der Waals surface area contributed by atoms with Gasteiger partial charge < -0.3 is 20.6 Å². The average Bonchev–Trinajstić information content (AvgIpc) is 2.57. The second kappa shape index (κ2) is 9.98. The van der Waals surface area contributed by atoms with Crippen LogP contribution >= 0.6 is 0 Å². The third-order valence-corrected chi connectivity index (χ3v) is 4.35. The zero-order valence-electron chi connectivity index (χ0n) is 14.3. The van der Waals surface area contributed by atoms with Crippen molar-refractivity contribution >= 4 is 17.7 Å². The molecule has 0 bridgehead atoms. The lowest BCUT2D eigenvalue weighted by Gasteiger charge is -2.32. The van der Waals surface area contributed by atoms with Crippen LogP contribution in [-0.2, 0) is 4.79 Å². The molecule has 1 saturated heterocycles. The number of amides is 2. The molecular formula is C18H26FN3O3. The number of carboxylic acid groups (broad SMARTS) is 1. The Labute approximate surface area is 147 Å². The van der Waals surface area contributed by atoms with Gasteiger partial charge in [0.25, 0.3) is 0 Å². The van der Waals surface area contributed by atoms with Gasteiger partial charge in [0.2, 0.25) is 0 Å². The Kier molecular flexibility index (Phi) is 7.66. The van der Waals surface area contributed by atoms with Crippen molar-refractivity contribution in [1.29, 1.82) is 0 Å². The number of nitrogens with zero attached hydrogens (tertiary/aromatic N) is 1. The number of rotatable bonds is 8. The van der Waals surface area contributed by atoms with Gasteiger partial charge in [-0.15, -0.1) is 0 Å². The number of aliphatic carboxylic acids is 1. The van der Waals surface area contributed by atoms with Crippen LogP contribution in [0.5, 0.6) is 0 Å². The van der Waals surface area contributed by atoms with Crippen LogP contribution in [0.15, 0.2) is 24.3 Å². The van der Waals surface area contributed by atoms with E-state index in [2.05, 4.69) is 15.5 Å². The minimum Gasteiger partial charge on any atom is -0.481 e. The molecule has 0 radical (unpaired) electrons. The van der Waals surface area contributed by atoms with E-state index < -0.39 is 5.97 Å². The summed E-state index contributed by atoms with van der Waals surface area (Å²) in [5, 5.41) is 14.1. The molecule has 0 saturated carbocycles. The Morgan fingerprint density at radius 1 is 1.32 bits per heavy atom. The first kappa shape index (κ1) is 19.2. The van der Waals surface area contributed by atoms with Crippen molar-refractivity contribution < 1.29 is 19.1 Å². The fraction of sp³-hybridized carbons (Fsp3) is 0.556. The molecule has 3 N–H and O–H groups in total. The van der Waals surface area contributed by atoms with E-state index in [9.17, 15) is 14.0 Å². The Morgan fingerprint density at radius 2 is 2.16 bits per heavy atom. The van der Waals surface area contributed by atoms with Gasteiger partial charge in [0.15, 0.2) is 0 Å². The first-order valence-corrected chi connectivity index (χ1v) is 8.77. The molecule has 1 atom stereocenters. The number of hydrogen-bond acceptors (Lipinski definition) is 3. The number of nitrogens with one attached hydrogen (secondary N) is 2. The number of anilines is 1. The summed E-state index contributed by atoms with van der Waals surface area (Å²) in [6, 6.07) is 5.47. The van der Waals surface area contributed by atoms with Gasteiger partial charge in [0, 0.05) is 25.2 Å². The van der Waals surface area contributed by atoms with Crippen LogP contribution in [0.3, 0.4) is 0 Å². The highest BCUT2D eigenvalue weighted by atomic mass is 19.1. The quantitative estimate of drug-likeness (QED) is 0.629. The monoisotopic (exact) mass is 351 g/mol. The van der Waals surface area contributed by atoms with Crippen molar-refractivity contribution in [2.45, 2.75) is 32.1 Å². The largest absolute Gasteiger partial charge is 0.481 e. The molecule has 6 nitrogen and oxygen atoms in total. The lowest BCUT2D eigenvalue weighted by Crippen LogP contribution is -2.42. The van der Waals surface area contributed by atoms with E-state index in [1.54, 1.807) is 12.1 Å². The molecule has 0 aliphatic carbocycles. The van der Waals surface area contributed by atoms with Crippen molar-refractivity contribution in [2.24, 2.45) is 5.92 Å². The molecule has 1 fully saturated rings. The van der Waals surface area contributed by atoms with Crippen LogP contribution < -0.4 is 10.6 Å². The molecule has 138 valence electrons. The number of benzene rings is 1. The average molecular weight is 351 g/mol. The third kappa shape index (κ3) is 7.51. The molecule has 1 heterocycles. The van der Waals surface area contributed by atoms with E-state index in [4.69, 9.17) is 5.11 Å². The zero-order chi connectivity index (χ0) is 18.1. The summed E-state index contributed by atoms with van der Waals surface area (Å²) in [5.74, 6) is -0.750. The van der Waals surface area contributed by atoms with Gasteiger partial charge >= 0.3 is 12.0 Å². The maximum atomic E-state index is 13.1. The first-order chi connectivity index (χ1) is 12.0. The summed E-state index contributed by atoms with van der Waals surface area (Å²) in [7, 11) is 0. The lowest BCUT2D eigenvalue weighted by atomic mass is 9.98. The summed E-state index contributed by atoms with van der Waals surface area (Å²) in [6.45, 7) is 3.42. The smallest absolute Gasteiger partial charge is 0.319 e. The Bertz CT molecular complexity index is 582. The molecule has 0 spiro atoms. The second-order valence-electron chi connectivity index (χ2n) is 6.51. The van der Waals surface area contributed by atoms with Crippen molar-refractivity contribution in [3.8, 4) is 0 Å². The van der Waals surface area contributed by atoms with E-state index in [-0.39, 0.29) is 18.3 Å². The highest BCUT2D eigenvalue weighted by molar-refractivity contribution is 5.89. The van der Waals surface area contributed by atoms with E-state index in [0.717, 1.165) is 38.9 Å². The van der Waals surface area contributed by atoms with E-state index in [1.807, 2.05) is 0 Å². The molecule has 2 amide bonds. The number of piperidine rings is 1. The van der Waals surface area contributed by atoms with Crippen molar-refractivity contribution in [3.05, 3.63) is 30.1 Å². The van der Waals surface area contributed by atoms with Gasteiger partial charge in [0.05, 0.1) is 0 Å². The summed E-state index contributed by atoms with van der Waals surface area (Å²) < 4.78 is 13.1. The van der Waals surface area contributed by atoms with Crippen molar-refractivity contribution in [3.63, 3.8) is 0 Å². The SMILES string of the molecule is O=C(O)CCCCN1CCCC(CNC(=O)Nc2cccc(F)c2)C1. The molecule has 1 aromatic rings. The highest BCUT2D eigenvalue weighted by Crippen LogP contribution is 2.16. The first-order valence-electron chi connectivity index (χ1n) is 8.77. The summed E-state index contributed by atoms with van der Waals surface area (Å²) in [6.07, 6.45) is 3.94. The molecular weight excluding hydrogens is 325 g/mol. The molecule has 7 heteroatoms. The predicted octanol–water partition coefficient (Wildman–Crippen LogP) is 2.91. The molecule has 25 heavy (non-hydrogen) atoms. The summed E-state index contributed by atoms with van der Waals surface area (Å²) in [5.41, 5.74) is 0.432.